The van der Waals surface area contributed by atoms with Crippen LogP contribution in [0.2, 0.25) is 0 Å². The topological polar surface area (TPSA) is 83.6 Å². The predicted octanol–water partition coefficient (Wildman–Crippen LogP) is 0.715. The Morgan fingerprint density at radius 1 is 1.50 bits per heavy atom. The molecule has 1 fully saturated rings. The molecular weight excluding hydrogens is 334 g/mol. The van der Waals surface area contributed by atoms with E-state index in [1.54, 1.807) is 28.3 Å². The maximum absolute atomic E-state index is 12.8. The summed E-state index contributed by atoms with van der Waals surface area (Å²) in [5, 5.41) is 7.03. The van der Waals surface area contributed by atoms with Gasteiger partial charge in [-0.2, -0.15) is 5.10 Å². The Kier molecular flexibility index (Phi) is 6.06. The van der Waals surface area contributed by atoms with Crippen LogP contribution in [0.3, 0.4) is 0 Å². The normalized spacial score (nSPS) is 17.9. The van der Waals surface area contributed by atoms with Crippen LogP contribution in [0.25, 0.3) is 0 Å². The first-order chi connectivity index (χ1) is 12.7. The molecule has 0 saturated carbocycles. The third-order valence-corrected chi connectivity index (χ3v) is 4.67. The summed E-state index contributed by atoms with van der Waals surface area (Å²) in [6.07, 6.45) is 7.07. The summed E-state index contributed by atoms with van der Waals surface area (Å²) in [5.74, 6) is -0.102. The smallest absolute Gasteiger partial charge is 0.237 e. The predicted molar refractivity (Wildman–Crippen MR) is 95.0 cm³/mol. The number of likely N-dealkylation sites (N-methyl/N-ethyl adjacent to an activating group) is 1. The summed E-state index contributed by atoms with van der Waals surface area (Å²) < 4.78 is 6.91. The highest BCUT2D eigenvalue weighted by molar-refractivity contribution is 5.88. The van der Waals surface area contributed by atoms with Crippen LogP contribution in [0.5, 0.6) is 0 Å². The van der Waals surface area contributed by atoms with E-state index in [9.17, 15) is 9.59 Å². The lowest BCUT2D eigenvalue weighted by Crippen LogP contribution is -2.56. The standard InChI is InChI=1S/C18H25N5O3/c1-2-21(9-10-23-7-3-5-20-23)17(24)12-16-18(25)19-6-8-22(16)13-15-4-11-26-14-15/h3-5,7,11,14,16H,2,6,8-10,12-13H2,1H3,(H,19,25). The highest BCUT2D eigenvalue weighted by Gasteiger charge is 2.32. The van der Waals surface area contributed by atoms with Crippen LogP contribution in [-0.4, -0.2) is 63.6 Å². The second-order valence-electron chi connectivity index (χ2n) is 6.36. The molecule has 1 aliphatic rings. The number of carbonyl (C=O) groups excluding carboxylic acids is 2. The van der Waals surface area contributed by atoms with Crippen molar-refractivity contribution in [3.63, 3.8) is 0 Å². The summed E-state index contributed by atoms with van der Waals surface area (Å²) in [6.45, 7) is 5.68. The van der Waals surface area contributed by atoms with Gasteiger partial charge in [-0.05, 0) is 19.1 Å². The molecule has 1 unspecified atom stereocenters. The zero-order chi connectivity index (χ0) is 18.4. The van der Waals surface area contributed by atoms with Crippen LogP contribution in [0.1, 0.15) is 18.9 Å². The van der Waals surface area contributed by atoms with E-state index in [0.29, 0.717) is 39.3 Å². The maximum Gasteiger partial charge on any atom is 0.237 e. The van der Waals surface area contributed by atoms with Crippen molar-refractivity contribution in [3.05, 3.63) is 42.6 Å². The van der Waals surface area contributed by atoms with Crippen LogP contribution in [0.4, 0.5) is 0 Å². The second-order valence-corrected chi connectivity index (χ2v) is 6.36. The van der Waals surface area contributed by atoms with Gasteiger partial charge in [-0.1, -0.05) is 0 Å². The van der Waals surface area contributed by atoms with Crippen molar-refractivity contribution in [1.82, 2.24) is 24.9 Å². The Bertz CT molecular complexity index is 698. The fraction of sp³-hybridized carbons (Fsp3) is 0.500. The molecule has 0 aromatic carbocycles. The monoisotopic (exact) mass is 359 g/mol. The Hall–Kier alpha value is -2.61. The quantitative estimate of drug-likeness (QED) is 0.751. The Balaban J connectivity index is 1.60. The first-order valence-corrected chi connectivity index (χ1v) is 8.95. The number of hydrogen-bond acceptors (Lipinski definition) is 5. The van der Waals surface area contributed by atoms with Crippen molar-refractivity contribution >= 4 is 11.8 Å². The summed E-state index contributed by atoms with van der Waals surface area (Å²) >= 11 is 0. The molecule has 140 valence electrons. The van der Waals surface area contributed by atoms with Crippen LogP contribution < -0.4 is 5.32 Å². The molecule has 1 aliphatic heterocycles. The molecule has 1 atom stereocenters. The summed E-state index contributed by atoms with van der Waals surface area (Å²) in [7, 11) is 0. The second kappa shape index (κ2) is 8.66. The van der Waals surface area contributed by atoms with E-state index in [-0.39, 0.29) is 18.2 Å². The summed E-state index contributed by atoms with van der Waals surface area (Å²) in [5.41, 5.74) is 1.00. The molecule has 26 heavy (non-hydrogen) atoms. The van der Waals surface area contributed by atoms with Gasteiger partial charge in [0.2, 0.25) is 11.8 Å². The number of amides is 2. The third-order valence-electron chi connectivity index (χ3n) is 4.67. The number of nitrogens with one attached hydrogen (secondary N) is 1. The van der Waals surface area contributed by atoms with Gasteiger partial charge >= 0.3 is 0 Å². The van der Waals surface area contributed by atoms with E-state index in [2.05, 4.69) is 10.4 Å². The van der Waals surface area contributed by atoms with Crippen LogP contribution in [-0.2, 0) is 22.7 Å². The van der Waals surface area contributed by atoms with Crippen LogP contribution >= 0.6 is 0 Å². The van der Waals surface area contributed by atoms with Gasteiger partial charge in [-0.3, -0.25) is 19.2 Å². The zero-order valence-corrected chi connectivity index (χ0v) is 15.0. The van der Waals surface area contributed by atoms with Gasteiger partial charge in [-0.25, -0.2) is 0 Å². The Labute approximate surface area is 152 Å². The maximum atomic E-state index is 12.8. The molecule has 0 radical (unpaired) electrons. The molecule has 0 aliphatic carbocycles. The minimum atomic E-state index is -0.454. The van der Waals surface area contributed by atoms with Gasteiger partial charge in [0.1, 0.15) is 0 Å². The number of nitrogens with zero attached hydrogens (tertiary/aromatic N) is 4. The zero-order valence-electron chi connectivity index (χ0n) is 15.0. The first-order valence-electron chi connectivity index (χ1n) is 8.95. The van der Waals surface area contributed by atoms with E-state index in [1.807, 2.05) is 30.2 Å². The fourth-order valence-electron chi connectivity index (χ4n) is 3.20. The highest BCUT2D eigenvalue weighted by atomic mass is 16.3. The minimum Gasteiger partial charge on any atom is -0.472 e. The van der Waals surface area contributed by atoms with Gasteiger partial charge in [0.25, 0.3) is 0 Å². The molecule has 1 N–H and O–H groups in total. The minimum absolute atomic E-state index is 0.0149. The summed E-state index contributed by atoms with van der Waals surface area (Å²) in [4.78, 5) is 29.0. The number of carbonyl (C=O) groups is 2. The van der Waals surface area contributed by atoms with Gasteiger partial charge in [-0.15, -0.1) is 0 Å². The largest absolute Gasteiger partial charge is 0.472 e. The van der Waals surface area contributed by atoms with E-state index in [4.69, 9.17) is 4.42 Å². The van der Waals surface area contributed by atoms with E-state index >= 15 is 0 Å². The van der Waals surface area contributed by atoms with E-state index in [1.165, 1.54) is 0 Å². The van der Waals surface area contributed by atoms with Crippen LogP contribution in [0.15, 0.2) is 41.5 Å². The van der Waals surface area contributed by atoms with E-state index < -0.39 is 6.04 Å². The van der Waals surface area contributed by atoms with Gasteiger partial charge in [0.05, 0.1) is 31.5 Å². The van der Waals surface area contributed by atoms with Crippen molar-refractivity contribution in [2.75, 3.05) is 26.2 Å². The SMILES string of the molecule is CCN(CCn1cccn1)C(=O)CC1C(=O)NCCN1Cc1ccoc1. The molecule has 2 aromatic heterocycles. The van der Waals surface area contributed by atoms with Crippen molar-refractivity contribution in [2.24, 2.45) is 0 Å². The van der Waals surface area contributed by atoms with Gasteiger partial charge in [0.15, 0.2) is 0 Å². The highest BCUT2D eigenvalue weighted by Crippen LogP contribution is 2.15. The lowest BCUT2D eigenvalue weighted by atomic mass is 10.1. The average molecular weight is 359 g/mol. The average Bonchev–Trinajstić information content (AvgIpc) is 3.32. The number of piperazine rings is 1. The molecule has 0 bridgehead atoms. The molecule has 1 saturated heterocycles. The molecular formula is C18H25N5O3. The van der Waals surface area contributed by atoms with Gasteiger partial charge < -0.3 is 14.6 Å². The summed E-state index contributed by atoms with van der Waals surface area (Å²) in [6, 6.07) is 3.29. The lowest BCUT2D eigenvalue weighted by Gasteiger charge is -2.35. The van der Waals surface area contributed by atoms with E-state index in [0.717, 1.165) is 5.56 Å². The van der Waals surface area contributed by atoms with Crippen molar-refractivity contribution in [2.45, 2.75) is 32.5 Å². The van der Waals surface area contributed by atoms with Crippen LogP contribution in [0, 0.1) is 0 Å². The molecule has 2 amide bonds. The Morgan fingerprint density at radius 2 is 2.38 bits per heavy atom. The van der Waals surface area contributed by atoms with Crippen molar-refractivity contribution in [1.29, 1.82) is 0 Å². The van der Waals surface area contributed by atoms with Crippen molar-refractivity contribution < 1.29 is 14.0 Å². The number of hydrogen-bond donors (Lipinski definition) is 1. The molecule has 3 rings (SSSR count). The fourth-order valence-corrected chi connectivity index (χ4v) is 3.20. The Morgan fingerprint density at radius 3 is 3.08 bits per heavy atom. The number of furan rings is 1. The number of rotatable bonds is 8. The molecule has 0 spiro atoms. The molecule has 8 nitrogen and oxygen atoms in total. The lowest BCUT2D eigenvalue weighted by molar-refractivity contribution is -0.139. The van der Waals surface area contributed by atoms with Crippen molar-refractivity contribution in [3.8, 4) is 0 Å². The molecule has 8 heteroatoms. The molecule has 3 heterocycles. The number of aromatic nitrogens is 2. The first kappa shape index (κ1) is 18.2. The molecule has 2 aromatic rings. The third kappa shape index (κ3) is 4.51. The van der Waals surface area contributed by atoms with Gasteiger partial charge in [0, 0.05) is 50.7 Å².